The largest absolute Gasteiger partial charge is 0.344 e. The number of nitrogens with one attached hydrogen (secondary N) is 1. The van der Waals surface area contributed by atoms with Gasteiger partial charge in [0.25, 0.3) is 0 Å². The minimum Gasteiger partial charge on any atom is -0.344 e. The van der Waals surface area contributed by atoms with E-state index in [1.165, 1.54) is 0 Å². The number of hydrogen-bond acceptors (Lipinski definition) is 7. The van der Waals surface area contributed by atoms with Crippen molar-refractivity contribution in [1.29, 1.82) is 0 Å². The molecule has 0 unspecified atom stereocenters. The van der Waals surface area contributed by atoms with Gasteiger partial charge in [-0.3, -0.25) is 4.79 Å². The van der Waals surface area contributed by atoms with Gasteiger partial charge in [-0.15, -0.1) is 0 Å². The van der Waals surface area contributed by atoms with Crippen LogP contribution in [0.1, 0.15) is 47.5 Å². The fourth-order valence-corrected chi connectivity index (χ4v) is 3.17. The van der Waals surface area contributed by atoms with E-state index in [1.54, 1.807) is 13.8 Å². The average molecular weight is 342 g/mol. The molecule has 3 aliphatic heterocycles. The average Bonchev–Trinajstić information content (AvgIpc) is 2.94. The molecular formula is C16H26N2O6. The van der Waals surface area contributed by atoms with Crippen molar-refractivity contribution in [3.05, 3.63) is 0 Å². The molecule has 0 bridgehead atoms. The minimum atomic E-state index is -1.17. The molecule has 8 nitrogen and oxygen atoms in total. The first-order chi connectivity index (χ1) is 11.2. The summed E-state index contributed by atoms with van der Waals surface area (Å²) in [6.45, 7) is 9.69. The third-order valence-electron chi connectivity index (χ3n) is 4.12. The maximum atomic E-state index is 11.8. The Balaban J connectivity index is 1.89. The van der Waals surface area contributed by atoms with E-state index >= 15 is 0 Å². The predicted molar refractivity (Wildman–Crippen MR) is 84.1 cm³/mol. The van der Waals surface area contributed by atoms with Crippen LogP contribution >= 0.6 is 0 Å². The Kier molecular flexibility index (Phi) is 4.46. The predicted octanol–water partition coefficient (Wildman–Crippen LogP) is 1.29. The fourth-order valence-electron chi connectivity index (χ4n) is 3.17. The molecule has 0 aliphatic carbocycles. The molecular weight excluding hydrogens is 316 g/mol. The molecule has 24 heavy (non-hydrogen) atoms. The van der Waals surface area contributed by atoms with Crippen molar-refractivity contribution < 1.29 is 28.5 Å². The van der Waals surface area contributed by atoms with E-state index < -0.39 is 23.5 Å². The Bertz CT molecular complexity index is 545. The highest BCUT2D eigenvalue weighted by Crippen LogP contribution is 2.42. The van der Waals surface area contributed by atoms with Crippen molar-refractivity contribution in [3.8, 4) is 0 Å². The Hall–Kier alpha value is -1.06. The Morgan fingerprint density at radius 3 is 2.58 bits per heavy atom. The third kappa shape index (κ3) is 3.34. The standard InChI is InChI=1S/C16H26N2O6/c1-6-7-11(19)17-18-13-12-10(22-15(4,5)23-12)8-20-16(13)9-21-14(2,3)24-16/h10,12H,6-9H2,1-5H3,(H,17,19)/b18-13+/t10-,12-,16-/m1/s1. The lowest BCUT2D eigenvalue weighted by Gasteiger charge is -2.38. The van der Waals surface area contributed by atoms with Crippen LogP contribution in [-0.2, 0) is 28.5 Å². The summed E-state index contributed by atoms with van der Waals surface area (Å²) in [7, 11) is 0. The Morgan fingerprint density at radius 1 is 1.21 bits per heavy atom. The van der Waals surface area contributed by atoms with Crippen molar-refractivity contribution in [2.75, 3.05) is 13.2 Å². The van der Waals surface area contributed by atoms with Gasteiger partial charge in [-0.1, -0.05) is 6.92 Å². The highest BCUT2D eigenvalue weighted by atomic mass is 16.8. The molecule has 1 N–H and O–H groups in total. The molecule has 0 radical (unpaired) electrons. The molecule has 8 heteroatoms. The molecule has 3 fully saturated rings. The smallest absolute Gasteiger partial charge is 0.240 e. The lowest BCUT2D eigenvalue weighted by Crippen LogP contribution is -2.59. The summed E-state index contributed by atoms with van der Waals surface area (Å²) in [6.07, 6.45) is 0.363. The summed E-state index contributed by atoms with van der Waals surface area (Å²) in [5.74, 6) is -2.91. The molecule has 1 spiro atoms. The lowest BCUT2D eigenvalue weighted by molar-refractivity contribution is -0.236. The highest BCUT2D eigenvalue weighted by molar-refractivity contribution is 5.97. The number of hydrazone groups is 1. The van der Waals surface area contributed by atoms with Gasteiger partial charge in [0.05, 0.1) is 6.61 Å². The molecule has 1 amide bonds. The third-order valence-corrected chi connectivity index (χ3v) is 4.12. The Labute approximate surface area is 141 Å². The van der Waals surface area contributed by atoms with Crippen LogP contribution in [-0.4, -0.2) is 54.4 Å². The fraction of sp³-hybridized carbons (Fsp3) is 0.875. The summed E-state index contributed by atoms with van der Waals surface area (Å²) in [5.41, 5.74) is 3.01. The van der Waals surface area contributed by atoms with Gasteiger partial charge in [0, 0.05) is 6.42 Å². The minimum absolute atomic E-state index is 0.168. The van der Waals surface area contributed by atoms with E-state index in [0.29, 0.717) is 18.7 Å². The quantitative estimate of drug-likeness (QED) is 0.778. The molecule has 0 aromatic rings. The summed E-state index contributed by atoms with van der Waals surface area (Å²) in [5, 5.41) is 4.29. The van der Waals surface area contributed by atoms with Crippen LogP contribution in [0.4, 0.5) is 0 Å². The first-order valence-corrected chi connectivity index (χ1v) is 8.37. The van der Waals surface area contributed by atoms with Gasteiger partial charge in [-0.2, -0.15) is 5.10 Å². The summed E-state index contributed by atoms with van der Waals surface area (Å²) in [6, 6.07) is 0. The number of amides is 1. The van der Waals surface area contributed by atoms with Crippen LogP contribution in [0.2, 0.25) is 0 Å². The van der Waals surface area contributed by atoms with Gasteiger partial charge in [0.2, 0.25) is 11.7 Å². The van der Waals surface area contributed by atoms with Crippen molar-refractivity contribution in [3.63, 3.8) is 0 Å². The van der Waals surface area contributed by atoms with Crippen LogP contribution in [0.25, 0.3) is 0 Å². The number of fused-ring (bicyclic) bond motifs is 1. The lowest BCUT2D eigenvalue weighted by atomic mass is 9.98. The van der Waals surface area contributed by atoms with Crippen LogP contribution in [0.5, 0.6) is 0 Å². The summed E-state index contributed by atoms with van der Waals surface area (Å²) >= 11 is 0. The van der Waals surface area contributed by atoms with Gasteiger partial charge in [0.15, 0.2) is 11.6 Å². The molecule has 3 aliphatic rings. The number of carbonyl (C=O) groups excluding carboxylic acids is 1. The normalized spacial score (nSPS) is 38.5. The van der Waals surface area contributed by atoms with Crippen LogP contribution < -0.4 is 5.43 Å². The monoisotopic (exact) mass is 342 g/mol. The van der Waals surface area contributed by atoms with E-state index in [9.17, 15) is 4.79 Å². The topological polar surface area (TPSA) is 87.6 Å². The van der Waals surface area contributed by atoms with E-state index in [0.717, 1.165) is 6.42 Å². The highest BCUT2D eigenvalue weighted by Gasteiger charge is 2.61. The molecule has 3 saturated heterocycles. The Morgan fingerprint density at radius 2 is 1.96 bits per heavy atom. The SMILES string of the molecule is CCCC(=O)N/N=C1\[C@@H]2OC(C)(C)O[C@@H]2CO[C@@]12COC(C)(C)O2. The number of ether oxygens (including phenoxy) is 5. The van der Waals surface area contributed by atoms with Gasteiger partial charge < -0.3 is 23.7 Å². The van der Waals surface area contributed by atoms with Crippen LogP contribution in [0.3, 0.4) is 0 Å². The second-order valence-corrected chi connectivity index (χ2v) is 7.23. The molecule has 0 saturated carbocycles. The zero-order valence-electron chi connectivity index (χ0n) is 14.9. The molecule has 3 heterocycles. The zero-order valence-corrected chi connectivity index (χ0v) is 14.9. The van der Waals surface area contributed by atoms with Crippen LogP contribution in [0, 0.1) is 0 Å². The summed E-state index contributed by atoms with van der Waals surface area (Å²) in [4.78, 5) is 11.8. The molecule has 0 aromatic heterocycles. The van der Waals surface area contributed by atoms with Crippen molar-refractivity contribution in [2.24, 2.45) is 5.10 Å². The second kappa shape index (κ2) is 6.03. The maximum Gasteiger partial charge on any atom is 0.240 e. The van der Waals surface area contributed by atoms with Gasteiger partial charge in [0.1, 0.15) is 24.5 Å². The summed E-state index contributed by atoms with van der Waals surface area (Å²) < 4.78 is 29.5. The molecule has 3 rings (SSSR count). The first kappa shape index (κ1) is 17.8. The first-order valence-electron chi connectivity index (χ1n) is 8.37. The molecule has 3 atom stereocenters. The van der Waals surface area contributed by atoms with E-state index in [2.05, 4.69) is 10.5 Å². The van der Waals surface area contributed by atoms with Crippen molar-refractivity contribution in [1.82, 2.24) is 5.43 Å². The number of carbonyl (C=O) groups is 1. The van der Waals surface area contributed by atoms with Crippen LogP contribution in [0.15, 0.2) is 5.10 Å². The van der Waals surface area contributed by atoms with Crippen molar-refractivity contribution >= 4 is 11.6 Å². The second-order valence-electron chi connectivity index (χ2n) is 7.23. The number of rotatable bonds is 3. The zero-order chi connectivity index (χ0) is 17.6. The number of nitrogens with zero attached hydrogens (tertiary/aromatic N) is 1. The van der Waals surface area contributed by atoms with Gasteiger partial charge in [-0.25, -0.2) is 5.43 Å². The number of hydrogen-bond donors (Lipinski definition) is 1. The van der Waals surface area contributed by atoms with Crippen molar-refractivity contribution in [2.45, 2.75) is 77.0 Å². The van der Waals surface area contributed by atoms with Gasteiger partial charge >= 0.3 is 0 Å². The molecule has 0 aromatic carbocycles. The van der Waals surface area contributed by atoms with E-state index in [4.69, 9.17) is 23.7 Å². The van der Waals surface area contributed by atoms with E-state index in [-0.39, 0.29) is 18.6 Å². The van der Waals surface area contributed by atoms with E-state index in [1.807, 2.05) is 20.8 Å². The molecule has 136 valence electrons. The van der Waals surface area contributed by atoms with Gasteiger partial charge in [-0.05, 0) is 34.1 Å². The maximum absolute atomic E-state index is 11.8.